The quantitative estimate of drug-likeness (QED) is 0.640. The minimum Gasteiger partial charge on any atom is -0.381 e. The summed E-state index contributed by atoms with van der Waals surface area (Å²) in [7, 11) is -2.50. The monoisotopic (exact) mass is 351 g/mol. The normalized spacial score (nSPS) is 18.6. The number of hydrogen-bond donors (Lipinski definition) is 1. The maximum absolute atomic E-state index is 12.7. The van der Waals surface area contributed by atoms with Gasteiger partial charge >= 0.3 is 5.82 Å². The van der Waals surface area contributed by atoms with Crippen molar-refractivity contribution in [2.75, 3.05) is 18.4 Å². The minimum absolute atomic E-state index is 0.0436. The van der Waals surface area contributed by atoms with Gasteiger partial charge in [0.25, 0.3) is 10.0 Å². The maximum atomic E-state index is 12.7. The molecular weight excluding hydrogens is 334 g/mol. The van der Waals surface area contributed by atoms with E-state index in [9.17, 15) is 18.5 Å². The van der Waals surface area contributed by atoms with Gasteiger partial charge in [0.15, 0.2) is 0 Å². The number of aryl methyl sites for hydroxylation is 1. The summed E-state index contributed by atoms with van der Waals surface area (Å²) in [6.45, 7) is 0.558. The zero-order valence-corrected chi connectivity index (χ0v) is 13.8. The van der Waals surface area contributed by atoms with Crippen LogP contribution < -0.4 is 5.32 Å². The maximum Gasteiger partial charge on any atom is 0.410 e. The van der Waals surface area contributed by atoms with Gasteiger partial charge in [-0.25, -0.2) is 8.42 Å². The van der Waals surface area contributed by atoms with Crippen molar-refractivity contribution in [2.24, 2.45) is 7.05 Å². The molecule has 24 heavy (non-hydrogen) atoms. The second-order valence-electron chi connectivity index (χ2n) is 5.61. The van der Waals surface area contributed by atoms with E-state index >= 15 is 0 Å². The number of aromatic nitrogens is 2. The van der Waals surface area contributed by atoms with E-state index in [4.69, 9.17) is 0 Å². The van der Waals surface area contributed by atoms with Crippen molar-refractivity contribution < 1.29 is 13.3 Å². The lowest BCUT2D eigenvalue weighted by molar-refractivity contribution is -0.392. The molecule has 1 aliphatic rings. The Bertz CT molecular complexity index is 849. The molecule has 0 unspecified atom stereocenters. The Morgan fingerprint density at radius 1 is 1.33 bits per heavy atom. The van der Waals surface area contributed by atoms with Crippen LogP contribution in [0.15, 0.2) is 41.4 Å². The van der Waals surface area contributed by atoms with E-state index < -0.39 is 20.8 Å². The lowest BCUT2D eigenvalue weighted by Crippen LogP contribution is -2.31. The van der Waals surface area contributed by atoms with E-state index in [1.165, 1.54) is 17.5 Å². The minimum atomic E-state index is -3.95. The molecule has 1 aromatic heterocycles. The first-order valence-electron chi connectivity index (χ1n) is 7.37. The van der Waals surface area contributed by atoms with E-state index in [1.807, 2.05) is 30.3 Å². The van der Waals surface area contributed by atoms with Gasteiger partial charge in [0.05, 0.1) is 18.3 Å². The first-order chi connectivity index (χ1) is 11.4. The molecule has 2 aromatic rings. The highest BCUT2D eigenvalue weighted by Crippen LogP contribution is 2.28. The fourth-order valence-electron chi connectivity index (χ4n) is 2.74. The van der Waals surface area contributed by atoms with Crippen molar-refractivity contribution in [2.45, 2.75) is 17.4 Å². The molecule has 0 bridgehead atoms. The van der Waals surface area contributed by atoms with Crippen LogP contribution in [-0.4, -0.2) is 46.6 Å². The lowest BCUT2D eigenvalue weighted by atomic mass is 10.2. The van der Waals surface area contributed by atoms with E-state index in [1.54, 1.807) is 0 Å². The number of sulfonamides is 1. The fourth-order valence-corrected chi connectivity index (χ4v) is 4.37. The fraction of sp³-hybridized carbons (Fsp3) is 0.357. The van der Waals surface area contributed by atoms with Crippen molar-refractivity contribution >= 4 is 21.5 Å². The summed E-state index contributed by atoms with van der Waals surface area (Å²) in [4.78, 5) is 9.90. The Labute approximate surface area is 139 Å². The van der Waals surface area contributed by atoms with E-state index in [0.717, 1.165) is 10.4 Å². The van der Waals surface area contributed by atoms with Crippen LogP contribution in [0.3, 0.4) is 0 Å². The highest BCUT2D eigenvalue weighted by molar-refractivity contribution is 7.89. The number of para-hydroxylation sites is 1. The standard InChI is InChI=1S/C14H17N5O4S/c1-17-10-13(14(16-17)19(20)21)24(22,23)18-8-7-12(9-18)15-11-5-3-2-4-6-11/h2-6,10,12,15H,7-9H2,1H3/t12-/m1/s1. The van der Waals surface area contributed by atoms with E-state index in [2.05, 4.69) is 10.4 Å². The third kappa shape index (κ3) is 3.10. The van der Waals surface area contributed by atoms with Gasteiger partial charge in [-0.05, 0) is 23.5 Å². The number of anilines is 1. The number of benzene rings is 1. The molecule has 9 nitrogen and oxygen atoms in total. The summed E-state index contributed by atoms with van der Waals surface area (Å²) < 4.78 is 27.8. The zero-order chi connectivity index (χ0) is 17.3. The van der Waals surface area contributed by atoms with Gasteiger partial charge in [0.2, 0.25) is 4.90 Å². The molecular formula is C14H17N5O4S. The molecule has 2 heterocycles. The second-order valence-corrected chi connectivity index (χ2v) is 7.51. The molecule has 1 fully saturated rings. The highest BCUT2D eigenvalue weighted by atomic mass is 32.2. The Morgan fingerprint density at radius 2 is 2.04 bits per heavy atom. The highest BCUT2D eigenvalue weighted by Gasteiger charge is 2.39. The van der Waals surface area contributed by atoms with Gasteiger partial charge in [0, 0.05) is 24.8 Å². The van der Waals surface area contributed by atoms with Crippen molar-refractivity contribution in [1.82, 2.24) is 14.1 Å². The molecule has 0 saturated carbocycles. The topological polar surface area (TPSA) is 110 Å². The van der Waals surface area contributed by atoms with Crippen LogP contribution in [0.25, 0.3) is 0 Å². The molecule has 1 atom stereocenters. The SMILES string of the molecule is Cn1cc(S(=O)(=O)N2CC[C@@H](Nc3ccccc3)C2)c([N+](=O)[O-])n1. The predicted octanol–water partition coefficient (Wildman–Crippen LogP) is 1.20. The summed E-state index contributed by atoms with van der Waals surface area (Å²) in [5, 5.41) is 17.9. The van der Waals surface area contributed by atoms with Crippen LogP contribution in [0.5, 0.6) is 0 Å². The zero-order valence-electron chi connectivity index (χ0n) is 13.0. The predicted molar refractivity (Wildman–Crippen MR) is 87.1 cm³/mol. The average molecular weight is 351 g/mol. The van der Waals surface area contributed by atoms with Crippen molar-refractivity contribution in [3.63, 3.8) is 0 Å². The average Bonchev–Trinajstić information content (AvgIpc) is 3.16. The molecule has 0 amide bonds. The molecule has 1 aromatic carbocycles. The first-order valence-corrected chi connectivity index (χ1v) is 8.81. The van der Waals surface area contributed by atoms with Crippen LogP contribution >= 0.6 is 0 Å². The van der Waals surface area contributed by atoms with Gasteiger partial charge in [-0.1, -0.05) is 18.2 Å². The van der Waals surface area contributed by atoms with Crippen LogP contribution in [0, 0.1) is 10.1 Å². The molecule has 0 radical (unpaired) electrons. The van der Waals surface area contributed by atoms with Gasteiger partial charge in [0.1, 0.15) is 0 Å². The molecule has 1 aliphatic heterocycles. The Balaban J connectivity index is 1.78. The Morgan fingerprint density at radius 3 is 2.71 bits per heavy atom. The van der Waals surface area contributed by atoms with Crippen LogP contribution in [0.1, 0.15) is 6.42 Å². The molecule has 128 valence electrons. The van der Waals surface area contributed by atoms with E-state index in [-0.39, 0.29) is 17.5 Å². The Kier molecular flexibility index (Phi) is 4.24. The first kappa shape index (κ1) is 16.4. The van der Waals surface area contributed by atoms with Gasteiger partial charge in [-0.2, -0.15) is 8.99 Å². The third-order valence-corrected chi connectivity index (χ3v) is 5.72. The summed E-state index contributed by atoms with van der Waals surface area (Å²) in [5.74, 6) is -0.642. The van der Waals surface area contributed by atoms with Gasteiger partial charge < -0.3 is 15.4 Å². The Hall–Kier alpha value is -2.46. The lowest BCUT2D eigenvalue weighted by Gasteiger charge is -2.16. The number of hydrogen-bond acceptors (Lipinski definition) is 6. The number of nitro groups is 1. The summed E-state index contributed by atoms with van der Waals surface area (Å²) >= 11 is 0. The smallest absolute Gasteiger partial charge is 0.381 e. The van der Waals surface area contributed by atoms with Crippen molar-refractivity contribution in [1.29, 1.82) is 0 Å². The second kappa shape index (κ2) is 6.21. The summed E-state index contributed by atoms with van der Waals surface area (Å²) in [6.07, 6.45) is 1.80. The molecule has 3 rings (SSSR count). The number of rotatable bonds is 5. The molecule has 10 heteroatoms. The summed E-state index contributed by atoms with van der Waals surface area (Å²) in [5.41, 5.74) is 0.911. The third-order valence-electron chi connectivity index (χ3n) is 3.86. The number of nitrogens with one attached hydrogen (secondary N) is 1. The van der Waals surface area contributed by atoms with Crippen LogP contribution in [0.2, 0.25) is 0 Å². The molecule has 1 saturated heterocycles. The molecule has 0 spiro atoms. The molecule has 0 aliphatic carbocycles. The van der Waals surface area contributed by atoms with Crippen molar-refractivity contribution in [3.05, 3.63) is 46.6 Å². The van der Waals surface area contributed by atoms with Crippen LogP contribution in [-0.2, 0) is 17.1 Å². The van der Waals surface area contributed by atoms with E-state index in [0.29, 0.717) is 13.0 Å². The largest absolute Gasteiger partial charge is 0.410 e. The van der Waals surface area contributed by atoms with Crippen molar-refractivity contribution in [3.8, 4) is 0 Å². The summed E-state index contributed by atoms with van der Waals surface area (Å²) in [6, 6.07) is 9.46. The van der Waals surface area contributed by atoms with Gasteiger partial charge in [-0.3, -0.25) is 0 Å². The van der Waals surface area contributed by atoms with Crippen LogP contribution in [0.4, 0.5) is 11.5 Å². The van der Waals surface area contributed by atoms with Gasteiger partial charge in [-0.15, -0.1) is 0 Å². The number of nitrogens with zero attached hydrogens (tertiary/aromatic N) is 4. The molecule has 1 N–H and O–H groups in total.